The van der Waals surface area contributed by atoms with Crippen LogP contribution in [0.5, 0.6) is 0 Å². The van der Waals surface area contributed by atoms with Crippen molar-refractivity contribution in [1.82, 2.24) is 10.2 Å². The third-order valence-electron chi connectivity index (χ3n) is 5.60. The Balaban J connectivity index is 1.69. The highest BCUT2D eigenvalue weighted by atomic mass is 19.1. The highest BCUT2D eigenvalue weighted by Crippen LogP contribution is 2.46. The quantitative estimate of drug-likeness (QED) is 0.798. The minimum atomic E-state index is -0.363. The van der Waals surface area contributed by atoms with E-state index in [9.17, 15) is 14.0 Å². The first-order chi connectivity index (χ1) is 13.1. The van der Waals surface area contributed by atoms with Crippen molar-refractivity contribution >= 4 is 11.8 Å². The number of rotatable bonds is 7. The first-order valence-corrected chi connectivity index (χ1v) is 9.56. The van der Waals surface area contributed by atoms with Crippen LogP contribution in [0.25, 0.3) is 0 Å². The number of nitrogens with zero attached hydrogens (tertiary/aromatic N) is 1. The zero-order valence-electron chi connectivity index (χ0n) is 15.8. The van der Waals surface area contributed by atoms with Gasteiger partial charge < -0.3 is 15.0 Å². The number of carbonyl (C=O) groups excluding carboxylic acids is 2. The van der Waals surface area contributed by atoms with Crippen LogP contribution in [0.3, 0.4) is 0 Å². The summed E-state index contributed by atoms with van der Waals surface area (Å²) in [5, 5.41) is 2.99. The number of halogens is 1. The number of fused-ring (bicyclic) bond motifs is 1. The minimum Gasteiger partial charge on any atom is -0.383 e. The number of methoxy groups -OCH3 is 1. The van der Waals surface area contributed by atoms with Gasteiger partial charge in [0.2, 0.25) is 11.8 Å². The fraction of sp³-hybridized carbons (Fsp3) is 0.524. The number of amides is 2. The molecule has 0 saturated carbocycles. The van der Waals surface area contributed by atoms with E-state index in [2.05, 4.69) is 11.4 Å². The second-order valence-corrected chi connectivity index (χ2v) is 7.35. The third-order valence-corrected chi connectivity index (χ3v) is 5.60. The lowest BCUT2D eigenvalue weighted by atomic mass is 9.69. The van der Waals surface area contributed by atoms with Gasteiger partial charge in [-0.25, -0.2) is 4.39 Å². The van der Waals surface area contributed by atoms with E-state index in [1.165, 1.54) is 6.07 Å². The summed E-state index contributed by atoms with van der Waals surface area (Å²) in [5.74, 6) is -0.439. The molecule has 27 heavy (non-hydrogen) atoms. The Morgan fingerprint density at radius 3 is 2.93 bits per heavy atom. The number of ether oxygens (including phenoxy) is 1. The molecular formula is C21H27FN2O3. The molecule has 0 bridgehead atoms. The van der Waals surface area contributed by atoms with Crippen LogP contribution >= 0.6 is 0 Å². The lowest BCUT2D eigenvalue weighted by Gasteiger charge is -2.47. The highest BCUT2D eigenvalue weighted by molar-refractivity contribution is 5.81. The Morgan fingerprint density at radius 2 is 2.15 bits per heavy atom. The Hall–Kier alpha value is -2.21. The van der Waals surface area contributed by atoms with Gasteiger partial charge in [-0.05, 0) is 37.3 Å². The van der Waals surface area contributed by atoms with E-state index in [4.69, 9.17) is 4.74 Å². The zero-order valence-corrected chi connectivity index (χ0v) is 15.8. The van der Waals surface area contributed by atoms with Crippen LogP contribution in [-0.2, 0) is 20.7 Å². The van der Waals surface area contributed by atoms with Crippen LogP contribution < -0.4 is 5.32 Å². The predicted molar refractivity (Wildman–Crippen MR) is 100 cm³/mol. The summed E-state index contributed by atoms with van der Waals surface area (Å²) in [7, 11) is 1.62. The summed E-state index contributed by atoms with van der Waals surface area (Å²) < 4.78 is 18.9. The lowest BCUT2D eigenvalue weighted by molar-refractivity contribution is -0.134. The number of carbonyl (C=O) groups is 2. The van der Waals surface area contributed by atoms with Gasteiger partial charge in [-0.1, -0.05) is 24.3 Å². The average Bonchev–Trinajstić information content (AvgIpc) is 2.68. The van der Waals surface area contributed by atoms with Gasteiger partial charge in [0, 0.05) is 37.7 Å². The fourth-order valence-electron chi connectivity index (χ4n) is 4.13. The van der Waals surface area contributed by atoms with Crippen molar-refractivity contribution in [3.8, 4) is 0 Å². The molecule has 5 nitrogen and oxygen atoms in total. The molecule has 1 heterocycles. The Kier molecular flexibility index (Phi) is 6.26. The van der Waals surface area contributed by atoms with Crippen LogP contribution in [0.4, 0.5) is 4.39 Å². The van der Waals surface area contributed by atoms with Gasteiger partial charge in [0.25, 0.3) is 0 Å². The molecule has 146 valence electrons. The van der Waals surface area contributed by atoms with Gasteiger partial charge in [-0.2, -0.15) is 0 Å². The van der Waals surface area contributed by atoms with Crippen LogP contribution in [0.1, 0.15) is 37.7 Å². The second kappa shape index (κ2) is 8.65. The normalized spacial score (nSPS) is 22.2. The molecule has 1 N–H and O–H groups in total. The topological polar surface area (TPSA) is 58.6 Å². The van der Waals surface area contributed by atoms with Gasteiger partial charge in [0.05, 0.1) is 13.0 Å². The molecule has 1 fully saturated rings. The number of piperidine rings is 1. The van der Waals surface area contributed by atoms with Gasteiger partial charge in [-0.15, -0.1) is 0 Å². The number of hydrogen-bond acceptors (Lipinski definition) is 3. The van der Waals surface area contributed by atoms with E-state index < -0.39 is 0 Å². The number of nitrogens with one attached hydrogen (secondary N) is 1. The van der Waals surface area contributed by atoms with Crippen molar-refractivity contribution < 1.29 is 18.7 Å². The molecule has 1 aromatic carbocycles. The summed E-state index contributed by atoms with van der Waals surface area (Å²) in [6.07, 6.45) is 6.30. The fourth-order valence-corrected chi connectivity index (χ4v) is 4.13. The molecule has 2 amide bonds. The van der Waals surface area contributed by atoms with Crippen molar-refractivity contribution in [2.45, 2.75) is 38.5 Å². The molecule has 0 aromatic heterocycles. The summed E-state index contributed by atoms with van der Waals surface area (Å²) in [4.78, 5) is 26.6. The van der Waals surface area contributed by atoms with E-state index in [1.54, 1.807) is 25.3 Å². The minimum absolute atomic E-state index is 0.0219. The maximum absolute atomic E-state index is 13.8. The first-order valence-electron chi connectivity index (χ1n) is 9.56. The molecule has 1 aromatic rings. The largest absolute Gasteiger partial charge is 0.383 e. The standard InChI is InChI=1S/C21H27FN2O3/c1-27-13-12-24-18-8-4-5-10-21(18,11-9-20(24)26)15-23-19(25)14-16-6-2-3-7-17(16)22/h2-3,6-8H,4-5,9-15H2,1H3,(H,23,25). The Labute approximate surface area is 159 Å². The van der Waals surface area contributed by atoms with Crippen molar-refractivity contribution in [1.29, 1.82) is 0 Å². The SMILES string of the molecule is COCCN1C(=O)CCC2(CNC(=O)Cc3ccccc3F)CCCC=C12. The van der Waals surface area contributed by atoms with E-state index in [-0.39, 0.29) is 29.5 Å². The van der Waals surface area contributed by atoms with E-state index in [0.29, 0.717) is 31.7 Å². The highest BCUT2D eigenvalue weighted by Gasteiger charge is 2.44. The molecule has 3 rings (SSSR count). The monoisotopic (exact) mass is 374 g/mol. The Bertz CT molecular complexity index is 734. The summed E-state index contributed by atoms with van der Waals surface area (Å²) in [6, 6.07) is 6.34. The zero-order chi connectivity index (χ0) is 19.3. The number of likely N-dealkylation sites (tertiary alicyclic amines) is 1. The third kappa shape index (κ3) is 4.38. The van der Waals surface area contributed by atoms with Crippen LogP contribution in [0.15, 0.2) is 36.0 Å². The summed E-state index contributed by atoms with van der Waals surface area (Å²) in [5.41, 5.74) is 1.20. The molecule has 1 aliphatic heterocycles. The van der Waals surface area contributed by atoms with Gasteiger partial charge in [0.1, 0.15) is 5.82 Å². The average molecular weight is 374 g/mol. The van der Waals surface area contributed by atoms with E-state index in [1.807, 2.05) is 4.90 Å². The van der Waals surface area contributed by atoms with Crippen molar-refractivity contribution in [2.75, 3.05) is 26.8 Å². The maximum atomic E-state index is 13.8. The summed E-state index contributed by atoms with van der Waals surface area (Å²) in [6.45, 7) is 1.49. The Morgan fingerprint density at radius 1 is 1.33 bits per heavy atom. The van der Waals surface area contributed by atoms with Crippen LogP contribution in [0.2, 0.25) is 0 Å². The molecule has 1 unspecified atom stereocenters. The second-order valence-electron chi connectivity index (χ2n) is 7.35. The molecule has 1 atom stereocenters. The maximum Gasteiger partial charge on any atom is 0.226 e. The predicted octanol–water partition coefficient (Wildman–Crippen LogP) is 2.81. The van der Waals surface area contributed by atoms with Crippen molar-refractivity contribution in [3.63, 3.8) is 0 Å². The van der Waals surface area contributed by atoms with Crippen LogP contribution in [-0.4, -0.2) is 43.5 Å². The van der Waals surface area contributed by atoms with Gasteiger partial charge in [-0.3, -0.25) is 9.59 Å². The number of benzene rings is 1. The van der Waals surface area contributed by atoms with E-state index in [0.717, 1.165) is 31.4 Å². The summed E-state index contributed by atoms with van der Waals surface area (Å²) >= 11 is 0. The lowest BCUT2D eigenvalue weighted by Crippen LogP contribution is -2.51. The van der Waals surface area contributed by atoms with Crippen molar-refractivity contribution in [3.05, 3.63) is 47.4 Å². The van der Waals surface area contributed by atoms with E-state index >= 15 is 0 Å². The smallest absolute Gasteiger partial charge is 0.226 e. The molecule has 0 spiro atoms. The van der Waals surface area contributed by atoms with Gasteiger partial charge >= 0.3 is 0 Å². The molecule has 2 aliphatic rings. The molecular weight excluding hydrogens is 347 g/mol. The number of hydrogen-bond donors (Lipinski definition) is 1. The first kappa shape index (κ1) is 19.5. The molecule has 0 radical (unpaired) electrons. The molecule has 1 saturated heterocycles. The van der Waals surface area contributed by atoms with Crippen molar-refractivity contribution in [2.24, 2.45) is 5.41 Å². The molecule has 1 aliphatic carbocycles. The van der Waals surface area contributed by atoms with Gasteiger partial charge in [0.15, 0.2) is 0 Å². The molecule has 6 heteroatoms. The van der Waals surface area contributed by atoms with Crippen LogP contribution in [0, 0.1) is 11.2 Å². The number of allylic oxidation sites excluding steroid dienone is 1.